The van der Waals surface area contributed by atoms with E-state index in [2.05, 4.69) is 34.8 Å². The molecule has 10 nitrogen and oxygen atoms in total. The summed E-state index contributed by atoms with van der Waals surface area (Å²) in [6, 6.07) is 10.8. The van der Waals surface area contributed by atoms with Crippen molar-refractivity contribution < 1.29 is 24.3 Å². The van der Waals surface area contributed by atoms with Gasteiger partial charge in [-0.05, 0) is 54.5 Å². The monoisotopic (exact) mass is 653 g/mol. The first-order valence-corrected chi connectivity index (χ1v) is 16.6. The number of carboxylic acids is 1. The number of nitrogens with zero attached hydrogens (tertiary/aromatic N) is 1. The number of urea groups is 1. The predicted molar refractivity (Wildman–Crippen MR) is 182 cm³/mol. The zero-order valence-electron chi connectivity index (χ0n) is 27.3. The highest BCUT2D eigenvalue weighted by Crippen LogP contribution is 2.20. The molecule has 0 saturated carbocycles. The Morgan fingerprint density at radius 2 is 1.43 bits per heavy atom. The SMILES string of the molecule is CCCCN(CCCC)C(=O)N[C@@H](CC(C)C)C(=O)N[C@H](Cc1c[nH]c2ccccc12)C(=O)N[C@H](Cc1ccc(Cl)cc1)C(=O)O. The minimum atomic E-state index is -1.24. The number of carboxylic acid groups (broad SMARTS) is 1. The van der Waals surface area contributed by atoms with Crippen molar-refractivity contribution in [1.82, 2.24) is 25.8 Å². The molecule has 0 radical (unpaired) electrons. The summed E-state index contributed by atoms with van der Waals surface area (Å²) in [5.74, 6) is -2.27. The molecule has 0 unspecified atom stereocenters. The summed E-state index contributed by atoms with van der Waals surface area (Å²) in [4.78, 5) is 58.2. The number of aromatic nitrogens is 1. The zero-order chi connectivity index (χ0) is 33.6. The smallest absolute Gasteiger partial charge is 0.326 e. The summed E-state index contributed by atoms with van der Waals surface area (Å²) in [7, 11) is 0. The van der Waals surface area contributed by atoms with Gasteiger partial charge in [0.2, 0.25) is 11.8 Å². The molecule has 0 bridgehead atoms. The third-order valence-corrected chi connectivity index (χ3v) is 8.12. The van der Waals surface area contributed by atoms with Gasteiger partial charge in [-0.1, -0.05) is 82.5 Å². The van der Waals surface area contributed by atoms with Crippen LogP contribution in [-0.4, -0.2) is 70.0 Å². The third kappa shape index (κ3) is 11.1. The lowest BCUT2D eigenvalue weighted by molar-refractivity contribution is -0.142. The number of aliphatic carboxylic acids is 1. The van der Waals surface area contributed by atoms with E-state index in [1.54, 1.807) is 35.4 Å². The molecular weight excluding hydrogens is 606 g/mol. The van der Waals surface area contributed by atoms with E-state index in [1.165, 1.54) is 0 Å². The molecule has 250 valence electrons. The summed E-state index contributed by atoms with van der Waals surface area (Å²) in [6.07, 6.45) is 5.86. The van der Waals surface area contributed by atoms with Gasteiger partial charge in [-0.15, -0.1) is 0 Å². The number of benzene rings is 2. The number of hydrogen-bond acceptors (Lipinski definition) is 4. The largest absolute Gasteiger partial charge is 0.480 e. The highest BCUT2D eigenvalue weighted by atomic mass is 35.5. The lowest BCUT2D eigenvalue weighted by Crippen LogP contribution is -2.58. The van der Waals surface area contributed by atoms with E-state index in [0.29, 0.717) is 30.1 Å². The number of amides is 4. The molecule has 0 aliphatic rings. The summed E-state index contributed by atoms with van der Waals surface area (Å²) in [6.45, 7) is 9.23. The van der Waals surface area contributed by atoms with Crippen LogP contribution in [0.4, 0.5) is 4.79 Å². The maximum absolute atomic E-state index is 13.9. The van der Waals surface area contributed by atoms with Crippen molar-refractivity contribution in [2.45, 2.75) is 90.8 Å². The fourth-order valence-electron chi connectivity index (χ4n) is 5.29. The van der Waals surface area contributed by atoms with Crippen LogP contribution in [0.1, 0.15) is 70.9 Å². The Morgan fingerprint density at radius 3 is 2.04 bits per heavy atom. The van der Waals surface area contributed by atoms with Crippen LogP contribution in [0.2, 0.25) is 5.02 Å². The number of rotatable bonds is 18. The molecule has 4 amide bonds. The number of nitrogens with one attached hydrogen (secondary N) is 4. The second-order valence-corrected chi connectivity index (χ2v) is 12.6. The van der Waals surface area contributed by atoms with E-state index < -0.39 is 35.9 Å². The number of halogens is 1. The average Bonchev–Trinajstić information content (AvgIpc) is 3.43. The fourth-order valence-corrected chi connectivity index (χ4v) is 5.41. The topological polar surface area (TPSA) is 144 Å². The Hall–Kier alpha value is -4.05. The van der Waals surface area contributed by atoms with Gasteiger partial charge >= 0.3 is 12.0 Å². The molecule has 0 aliphatic carbocycles. The van der Waals surface area contributed by atoms with Gasteiger partial charge in [-0.25, -0.2) is 9.59 Å². The van der Waals surface area contributed by atoms with Gasteiger partial charge in [0.1, 0.15) is 18.1 Å². The van der Waals surface area contributed by atoms with Gasteiger partial charge in [0.05, 0.1) is 0 Å². The lowest BCUT2D eigenvalue weighted by atomic mass is 10.00. The lowest BCUT2D eigenvalue weighted by Gasteiger charge is -2.28. The van der Waals surface area contributed by atoms with Crippen molar-refractivity contribution in [3.63, 3.8) is 0 Å². The van der Waals surface area contributed by atoms with Crippen LogP contribution in [0.5, 0.6) is 0 Å². The van der Waals surface area contributed by atoms with Crippen LogP contribution in [0, 0.1) is 5.92 Å². The van der Waals surface area contributed by atoms with Crippen molar-refractivity contribution in [2.24, 2.45) is 5.92 Å². The second kappa shape index (κ2) is 18.2. The molecule has 2 aromatic carbocycles. The Balaban J connectivity index is 1.86. The second-order valence-electron chi connectivity index (χ2n) is 12.2. The van der Waals surface area contributed by atoms with E-state index in [9.17, 15) is 24.3 Å². The van der Waals surface area contributed by atoms with E-state index in [1.807, 2.05) is 38.1 Å². The van der Waals surface area contributed by atoms with E-state index in [0.717, 1.165) is 42.1 Å². The molecule has 5 N–H and O–H groups in total. The average molecular weight is 654 g/mol. The highest BCUT2D eigenvalue weighted by molar-refractivity contribution is 6.30. The molecule has 3 atom stereocenters. The quantitative estimate of drug-likeness (QED) is 0.120. The van der Waals surface area contributed by atoms with Gasteiger partial charge in [0.25, 0.3) is 0 Å². The number of H-pyrrole nitrogens is 1. The van der Waals surface area contributed by atoms with Crippen LogP contribution < -0.4 is 16.0 Å². The molecule has 0 spiro atoms. The summed E-state index contributed by atoms with van der Waals surface area (Å²) < 4.78 is 0. The van der Waals surface area contributed by atoms with Gasteiger partial charge in [0, 0.05) is 48.1 Å². The molecule has 0 fully saturated rings. The standard InChI is InChI=1S/C35H48ClN5O5/c1-5-7-17-41(18-8-6-2)35(46)40-29(19-23(3)4)32(42)38-30(21-25-22-37-28-12-10-9-11-27(25)28)33(43)39-31(34(44)45)20-24-13-15-26(36)16-14-24/h9-16,22-23,29-31,37H,5-8,17-21H2,1-4H3,(H,38,42)(H,39,43)(H,40,46)(H,44,45)/t29-,30+,31+/m0/s1. The van der Waals surface area contributed by atoms with Gasteiger partial charge in [-0.2, -0.15) is 0 Å². The molecule has 3 rings (SSSR count). The normalized spacial score (nSPS) is 13.2. The molecule has 1 heterocycles. The van der Waals surface area contributed by atoms with Crippen LogP contribution in [0.25, 0.3) is 10.9 Å². The third-order valence-electron chi connectivity index (χ3n) is 7.87. The number of fused-ring (bicyclic) bond motifs is 1. The fraction of sp³-hybridized carbons (Fsp3) is 0.486. The number of carbonyl (C=O) groups excluding carboxylic acids is 3. The number of para-hydroxylation sites is 1. The zero-order valence-corrected chi connectivity index (χ0v) is 28.0. The van der Waals surface area contributed by atoms with E-state index in [-0.39, 0.29) is 24.8 Å². The van der Waals surface area contributed by atoms with Gasteiger partial charge in [0.15, 0.2) is 0 Å². The van der Waals surface area contributed by atoms with Gasteiger partial charge < -0.3 is 30.9 Å². The van der Waals surface area contributed by atoms with E-state index in [4.69, 9.17) is 11.6 Å². The molecule has 0 saturated heterocycles. The summed E-state index contributed by atoms with van der Waals surface area (Å²) in [5, 5.41) is 19.8. The Morgan fingerprint density at radius 1 is 0.826 bits per heavy atom. The summed E-state index contributed by atoms with van der Waals surface area (Å²) >= 11 is 5.99. The van der Waals surface area contributed by atoms with Crippen molar-refractivity contribution >= 4 is 46.3 Å². The maximum Gasteiger partial charge on any atom is 0.326 e. The first-order valence-electron chi connectivity index (χ1n) is 16.2. The Labute approximate surface area is 276 Å². The molecule has 46 heavy (non-hydrogen) atoms. The molecule has 0 aliphatic heterocycles. The number of carbonyl (C=O) groups is 4. The van der Waals surface area contributed by atoms with E-state index >= 15 is 0 Å². The Kier molecular flexibility index (Phi) is 14.4. The number of aromatic amines is 1. The number of unbranched alkanes of at least 4 members (excludes halogenated alkanes) is 2. The molecule has 11 heteroatoms. The number of hydrogen-bond donors (Lipinski definition) is 5. The van der Waals surface area contributed by atoms with Gasteiger partial charge in [-0.3, -0.25) is 9.59 Å². The first kappa shape index (κ1) is 36.4. The van der Waals surface area contributed by atoms with Crippen LogP contribution >= 0.6 is 11.6 Å². The minimum Gasteiger partial charge on any atom is -0.480 e. The Bertz CT molecular complexity index is 1430. The van der Waals surface area contributed by atoms with Crippen molar-refractivity contribution in [2.75, 3.05) is 13.1 Å². The predicted octanol–water partition coefficient (Wildman–Crippen LogP) is 5.69. The highest BCUT2D eigenvalue weighted by Gasteiger charge is 2.31. The maximum atomic E-state index is 13.9. The molecule has 1 aromatic heterocycles. The van der Waals surface area contributed by atoms with Crippen molar-refractivity contribution in [1.29, 1.82) is 0 Å². The molecular formula is C35H48ClN5O5. The molecule has 3 aromatic rings. The van der Waals surface area contributed by atoms with Crippen molar-refractivity contribution in [3.05, 3.63) is 70.9 Å². The first-order chi connectivity index (χ1) is 22.0. The van der Waals surface area contributed by atoms with Crippen LogP contribution in [0.3, 0.4) is 0 Å². The minimum absolute atomic E-state index is 0.0311. The summed E-state index contributed by atoms with van der Waals surface area (Å²) in [5.41, 5.74) is 2.35. The van der Waals surface area contributed by atoms with Crippen LogP contribution in [0.15, 0.2) is 54.7 Å². The van der Waals surface area contributed by atoms with Crippen LogP contribution in [-0.2, 0) is 27.2 Å². The van der Waals surface area contributed by atoms with Crippen molar-refractivity contribution in [3.8, 4) is 0 Å².